The largest absolute Gasteiger partial charge is 0.481 e. The van der Waals surface area contributed by atoms with Crippen molar-refractivity contribution in [3.8, 4) is 0 Å². The summed E-state index contributed by atoms with van der Waals surface area (Å²) in [6, 6.07) is 19.2. The minimum absolute atomic E-state index is 0.224. The second-order valence-electron chi connectivity index (χ2n) is 8.40. The lowest BCUT2D eigenvalue weighted by Gasteiger charge is -2.24. The van der Waals surface area contributed by atoms with Crippen LogP contribution in [-0.4, -0.2) is 45.4 Å². The Balaban J connectivity index is 1.53. The molecule has 1 aromatic heterocycles. The van der Waals surface area contributed by atoms with Crippen molar-refractivity contribution in [1.29, 1.82) is 0 Å². The highest BCUT2D eigenvalue weighted by Gasteiger charge is 2.31. The van der Waals surface area contributed by atoms with E-state index in [0.717, 1.165) is 11.1 Å². The van der Waals surface area contributed by atoms with Crippen molar-refractivity contribution in [2.24, 2.45) is 0 Å². The number of nitrogens with zero attached hydrogens (tertiary/aromatic N) is 2. The number of anilines is 2. The standard InChI is InChI=1S/C26H27N5O4/c27-23-8-4-7-20(29-23)15-28-25(34)18-9-10-21-19(13-18)16-31(12-11-17-5-2-1-3-6-17)26(35)22(30-21)14-24(32)33/h1-10,13,22,30H,11-12,14-16H2,(H2,27,29)(H,28,34)(H,32,33). The molecule has 2 amide bonds. The maximum Gasteiger partial charge on any atom is 0.305 e. The minimum Gasteiger partial charge on any atom is -0.481 e. The van der Waals surface area contributed by atoms with Crippen LogP contribution in [-0.2, 0) is 29.1 Å². The molecule has 2 heterocycles. The number of aromatic nitrogens is 1. The van der Waals surface area contributed by atoms with Gasteiger partial charge in [-0.2, -0.15) is 0 Å². The maximum absolute atomic E-state index is 13.2. The third kappa shape index (κ3) is 6.14. The zero-order chi connectivity index (χ0) is 24.8. The number of fused-ring (bicyclic) bond motifs is 1. The number of nitrogens with one attached hydrogen (secondary N) is 2. The van der Waals surface area contributed by atoms with Gasteiger partial charge in [0, 0.05) is 24.3 Å². The van der Waals surface area contributed by atoms with Crippen LogP contribution in [0.15, 0.2) is 66.7 Å². The van der Waals surface area contributed by atoms with Gasteiger partial charge in [0.2, 0.25) is 5.91 Å². The van der Waals surface area contributed by atoms with E-state index in [1.165, 1.54) is 0 Å². The van der Waals surface area contributed by atoms with Gasteiger partial charge in [-0.15, -0.1) is 0 Å². The fourth-order valence-corrected chi connectivity index (χ4v) is 4.04. The van der Waals surface area contributed by atoms with Gasteiger partial charge in [0.05, 0.1) is 18.7 Å². The van der Waals surface area contributed by atoms with E-state index in [-0.39, 0.29) is 31.3 Å². The molecule has 0 radical (unpaired) electrons. The van der Waals surface area contributed by atoms with E-state index in [0.29, 0.717) is 35.7 Å². The molecule has 1 aliphatic heterocycles. The highest BCUT2D eigenvalue weighted by atomic mass is 16.4. The first kappa shape index (κ1) is 23.7. The van der Waals surface area contributed by atoms with Crippen molar-refractivity contribution in [3.63, 3.8) is 0 Å². The Morgan fingerprint density at radius 1 is 1.11 bits per heavy atom. The van der Waals surface area contributed by atoms with E-state index in [2.05, 4.69) is 15.6 Å². The molecule has 1 aliphatic rings. The number of carbonyl (C=O) groups excluding carboxylic acids is 2. The predicted octanol–water partition coefficient (Wildman–Crippen LogP) is 2.43. The number of rotatable bonds is 8. The fraction of sp³-hybridized carbons (Fsp3) is 0.231. The summed E-state index contributed by atoms with van der Waals surface area (Å²) in [5.41, 5.74) is 9.23. The van der Waals surface area contributed by atoms with Crippen LogP contribution in [0.4, 0.5) is 11.5 Å². The summed E-state index contributed by atoms with van der Waals surface area (Å²) in [5, 5.41) is 15.2. The summed E-state index contributed by atoms with van der Waals surface area (Å²) >= 11 is 0. The van der Waals surface area contributed by atoms with Gasteiger partial charge in [-0.1, -0.05) is 36.4 Å². The maximum atomic E-state index is 13.2. The Kier molecular flexibility index (Phi) is 7.25. The van der Waals surface area contributed by atoms with E-state index in [9.17, 15) is 19.5 Å². The molecule has 4 rings (SSSR count). The van der Waals surface area contributed by atoms with Crippen LogP contribution < -0.4 is 16.4 Å². The average molecular weight is 474 g/mol. The number of nitrogens with two attached hydrogens (primary N) is 1. The van der Waals surface area contributed by atoms with Gasteiger partial charge < -0.3 is 26.4 Å². The molecule has 0 fully saturated rings. The lowest BCUT2D eigenvalue weighted by molar-refractivity contribution is -0.141. The quantitative estimate of drug-likeness (QED) is 0.394. The molecular formula is C26H27N5O4. The zero-order valence-electron chi connectivity index (χ0n) is 19.1. The highest BCUT2D eigenvalue weighted by molar-refractivity contribution is 5.95. The summed E-state index contributed by atoms with van der Waals surface area (Å²) < 4.78 is 0. The zero-order valence-corrected chi connectivity index (χ0v) is 19.1. The summed E-state index contributed by atoms with van der Waals surface area (Å²) in [7, 11) is 0. The van der Waals surface area contributed by atoms with E-state index >= 15 is 0 Å². The van der Waals surface area contributed by atoms with E-state index in [4.69, 9.17) is 5.73 Å². The molecule has 1 atom stereocenters. The molecule has 0 bridgehead atoms. The number of benzene rings is 2. The second-order valence-corrected chi connectivity index (χ2v) is 8.40. The first-order chi connectivity index (χ1) is 16.9. The molecule has 2 aromatic carbocycles. The number of pyridine rings is 1. The van der Waals surface area contributed by atoms with E-state index in [1.807, 2.05) is 30.3 Å². The van der Waals surface area contributed by atoms with Crippen LogP contribution in [0, 0.1) is 0 Å². The number of nitrogen functional groups attached to an aromatic ring is 1. The number of hydrogen-bond acceptors (Lipinski definition) is 6. The Morgan fingerprint density at radius 2 is 1.91 bits per heavy atom. The molecule has 0 aliphatic carbocycles. The van der Waals surface area contributed by atoms with Crippen molar-refractivity contribution in [2.45, 2.75) is 32.0 Å². The number of carbonyl (C=O) groups is 3. The Hall–Kier alpha value is -4.40. The normalized spacial score (nSPS) is 15.0. The highest BCUT2D eigenvalue weighted by Crippen LogP contribution is 2.26. The molecule has 0 saturated heterocycles. The molecular weight excluding hydrogens is 446 g/mol. The monoisotopic (exact) mass is 473 g/mol. The van der Waals surface area contributed by atoms with Gasteiger partial charge in [0.1, 0.15) is 11.9 Å². The Bertz CT molecular complexity index is 1230. The van der Waals surface area contributed by atoms with Gasteiger partial charge in [0.15, 0.2) is 0 Å². The van der Waals surface area contributed by atoms with Gasteiger partial charge in [0.25, 0.3) is 5.91 Å². The number of hydrogen-bond donors (Lipinski definition) is 4. The number of carboxylic acid groups (broad SMARTS) is 1. The molecule has 3 aromatic rings. The topological polar surface area (TPSA) is 138 Å². The first-order valence-electron chi connectivity index (χ1n) is 11.3. The fourth-order valence-electron chi connectivity index (χ4n) is 4.04. The van der Waals surface area contributed by atoms with Crippen LogP contribution in [0.2, 0.25) is 0 Å². The summed E-state index contributed by atoms with van der Waals surface area (Å²) in [6.45, 7) is 0.918. The first-order valence-corrected chi connectivity index (χ1v) is 11.3. The molecule has 0 saturated carbocycles. The van der Waals surface area contributed by atoms with Crippen molar-refractivity contribution in [2.75, 3.05) is 17.6 Å². The lowest BCUT2D eigenvalue weighted by Crippen LogP contribution is -2.42. The molecule has 1 unspecified atom stereocenters. The van der Waals surface area contributed by atoms with Crippen molar-refractivity contribution >= 4 is 29.3 Å². The third-order valence-corrected chi connectivity index (χ3v) is 5.82. The van der Waals surface area contributed by atoms with Crippen LogP contribution in [0.1, 0.15) is 33.6 Å². The van der Waals surface area contributed by atoms with Crippen molar-refractivity contribution < 1.29 is 19.5 Å². The minimum atomic E-state index is -1.06. The molecule has 0 spiro atoms. The predicted molar refractivity (Wildman–Crippen MR) is 131 cm³/mol. The van der Waals surface area contributed by atoms with E-state index < -0.39 is 12.0 Å². The Morgan fingerprint density at radius 3 is 2.66 bits per heavy atom. The van der Waals surface area contributed by atoms with Crippen LogP contribution in [0.25, 0.3) is 0 Å². The third-order valence-electron chi connectivity index (χ3n) is 5.82. The number of carboxylic acids is 1. The van der Waals surface area contributed by atoms with Crippen LogP contribution >= 0.6 is 0 Å². The van der Waals surface area contributed by atoms with E-state index in [1.54, 1.807) is 41.3 Å². The van der Waals surface area contributed by atoms with Crippen LogP contribution in [0.5, 0.6) is 0 Å². The smallest absolute Gasteiger partial charge is 0.305 e. The van der Waals surface area contributed by atoms with Gasteiger partial charge >= 0.3 is 5.97 Å². The lowest BCUT2D eigenvalue weighted by atomic mass is 10.1. The van der Waals surface area contributed by atoms with Gasteiger partial charge in [-0.05, 0) is 47.9 Å². The number of aliphatic carboxylic acids is 1. The summed E-state index contributed by atoms with van der Waals surface area (Å²) in [5.74, 6) is -1.25. The molecule has 9 heteroatoms. The van der Waals surface area contributed by atoms with Crippen molar-refractivity contribution in [3.05, 3.63) is 89.1 Å². The Labute approximate surface area is 203 Å². The van der Waals surface area contributed by atoms with Gasteiger partial charge in [-0.3, -0.25) is 14.4 Å². The van der Waals surface area contributed by atoms with Crippen LogP contribution in [0.3, 0.4) is 0 Å². The molecule has 5 N–H and O–H groups in total. The molecule has 9 nitrogen and oxygen atoms in total. The molecule has 180 valence electrons. The van der Waals surface area contributed by atoms with Gasteiger partial charge in [-0.25, -0.2) is 4.98 Å². The average Bonchev–Trinajstić information content (AvgIpc) is 2.97. The summed E-state index contributed by atoms with van der Waals surface area (Å²) in [6.07, 6.45) is 0.296. The second kappa shape index (κ2) is 10.7. The SMILES string of the molecule is Nc1cccc(CNC(=O)c2ccc3c(c2)CN(CCc2ccccc2)C(=O)C(CC(=O)O)N3)n1. The number of amides is 2. The van der Waals surface area contributed by atoms with Crippen molar-refractivity contribution in [1.82, 2.24) is 15.2 Å². The summed E-state index contributed by atoms with van der Waals surface area (Å²) in [4.78, 5) is 43.2. The molecule has 35 heavy (non-hydrogen) atoms.